The van der Waals surface area contributed by atoms with E-state index in [0.29, 0.717) is 11.0 Å². The number of aliphatic imine (C=N–C) groups is 1. The molecule has 5 heteroatoms. The summed E-state index contributed by atoms with van der Waals surface area (Å²) in [5.74, 6) is 0.708. The van der Waals surface area contributed by atoms with Crippen LogP contribution in [0.3, 0.4) is 0 Å². The molecular weight excluding hydrogens is 370 g/mol. The molecule has 2 aromatic carbocycles. The maximum absolute atomic E-state index is 13.7. The second kappa shape index (κ2) is 6.63. The number of carbonyl (C=O) groups is 1. The third-order valence-corrected chi connectivity index (χ3v) is 6.64. The number of rotatable bonds is 4. The predicted octanol–water partition coefficient (Wildman–Crippen LogP) is 4.71. The van der Waals surface area contributed by atoms with Crippen LogP contribution in [0.4, 0.5) is 0 Å². The van der Waals surface area contributed by atoms with Gasteiger partial charge in [-0.3, -0.25) is 9.69 Å². The van der Waals surface area contributed by atoms with Gasteiger partial charge in [-0.2, -0.15) is 0 Å². The Hall–Kier alpha value is -2.33. The van der Waals surface area contributed by atoms with Crippen LogP contribution in [0.1, 0.15) is 44.1 Å². The van der Waals surface area contributed by atoms with E-state index in [2.05, 4.69) is 12.1 Å². The Kier molecular flexibility index (Phi) is 4.20. The first-order chi connectivity index (χ1) is 13.6. The Labute approximate surface area is 170 Å². The van der Waals surface area contributed by atoms with Gasteiger partial charge in [0.05, 0.1) is 0 Å². The molecule has 1 heterocycles. The first kappa shape index (κ1) is 17.7. The van der Waals surface area contributed by atoms with Crippen molar-refractivity contribution in [1.29, 1.82) is 0 Å². The lowest BCUT2D eigenvalue weighted by Crippen LogP contribution is -2.48. The fourth-order valence-corrected chi connectivity index (χ4v) is 5.07. The Morgan fingerprint density at radius 2 is 1.68 bits per heavy atom. The third kappa shape index (κ3) is 2.74. The highest BCUT2D eigenvalue weighted by Crippen LogP contribution is 2.52. The molecule has 0 spiro atoms. The van der Waals surface area contributed by atoms with Crippen LogP contribution < -0.4 is 5.73 Å². The second-order valence-corrected chi connectivity index (χ2v) is 8.65. The van der Waals surface area contributed by atoms with E-state index in [9.17, 15) is 4.79 Å². The van der Waals surface area contributed by atoms with Crippen molar-refractivity contribution in [3.05, 3.63) is 59.1 Å². The molecule has 5 rings (SSSR count). The van der Waals surface area contributed by atoms with Gasteiger partial charge in [0, 0.05) is 11.1 Å². The zero-order chi connectivity index (χ0) is 19.3. The molecule has 0 bridgehead atoms. The number of guanidine groups is 1. The minimum absolute atomic E-state index is 0.0719. The monoisotopic (exact) mass is 393 g/mol. The third-order valence-electron chi connectivity index (χ3n) is 6.40. The first-order valence-electron chi connectivity index (χ1n) is 10.1. The van der Waals surface area contributed by atoms with Crippen molar-refractivity contribution < 1.29 is 4.79 Å². The van der Waals surface area contributed by atoms with Gasteiger partial charge in [-0.05, 0) is 66.5 Å². The number of nitrogens with two attached hydrogens (primary N) is 1. The van der Waals surface area contributed by atoms with Crippen LogP contribution in [-0.2, 0) is 10.3 Å². The molecule has 2 aliphatic carbocycles. The zero-order valence-electron chi connectivity index (χ0n) is 15.8. The highest BCUT2D eigenvalue weighted by Gasteiger charge is 2.59. The predicted molar refractivity (Wildman–Crippen MR) is 112 cm³/mol. The summed E-state index contributed by atoms with van der Waals surface area (Å²) in [4.78, 5) is 20.4. The quantitative estimate of drug-likeness (QED) is 0.817. The van der Waals surface area contributed by atoms with Crippen LogP contribution in [-0.4, -0.2) is 22.8 Å². The van der Waals surface area contributed by atoms with Crippen molar-refractivity contribution >= 4 is 23.5 Å². The van der Waals surface area contributed by atoms with E-state index in [-0.39, 0.29) is 17.9 Å². The standard InChI is InChI=1S/C23H24ClN3O/c24-19-8-4-6-16(14-19)15-5-3-7-18(13-15)23(17-11-12-17)21(28)27(22(25)26-23)20-9-1-2-10-20/h3-8,13-14,17,20H,1-2,9-12H2,(H2,25,26). The van der Waals surface area contributed by atoms with Crippen LogP contribution >= 0.6 is 11.6 Å². The van der Waals surface area contributed by atoms with Crippen molar-refractivity contribution in [2.24, 2.45) is 16.6 Å². The molecule has 28 heavy (non-hydrogen) atoms. The molecule has 0 radical (unpaired) electrons. The Morgan fingerprint density at radius 3 is 2.36 bits per heavy atom. The molecule has 3 aliphatic rings. The van der Waals surface area contributed by atoms with Crippen molar-refractivity contribution in [3.63, 3.8) is 0 Å². The van der Waals surface area contributed by atoms with Gasteiger partial charge in [0.15, 0.2) is 11.5 Å². The topological polar surface area (TPSA) is 58.7 Å². The molecule has 144 valence electrons. The summed E-state index contributed by atoms with van der Waals surface area (Å²) in [6, 6.07) is 16.2. The molecule has 1 unspecified atom stereocenters. The van der Waals surface area contributed by atoms with Crippen LogP contribution in [0.15, 0.2) is 53.5 Å². The van der Waals surface area contributed by atoms with Gasteiger partial charge in [-0.25, -0.2) is 4.99 Å². The van der Waals surface area contributed by atoms with Crippen LogP contribution in [0.25, 0.3) is 11.1 Å². The number of hydrogen-bond donors (Lipinski definition) is 1. The van der Waals surface area contributed by atoms with E-state index in [0.717, 1.165) is 55.2 Å². The Bertz CT molecular complexity index is 962. The molecule has 1 atom stereocenters. The summed E-state index contributed by atoms with van der Waals surface area (Å²) >= 11 is 6.18. The van der Waals surface area contributed by atoms with Crippen molar-refractivity contribution in [1.82, 2.24) is 4.90 Å². The fourth-order valence-electron chi connectivity index (χ4n) is 4.88. The summed E-state index contributed by atoms with van der Waals surface area (Å²) in [7, 11) is 0. The fraction of sp³-hybridized carbons (Fsp3) is 0.391. The average Bonchev–Trinajstić information content (AvgIpc) is 3.35. The minimum atomic E-state index is -0.860. The molecule has 1 amide bonds. The van der Waals surface area contributed by atoms with Crippen molar-refractivity contribution in [2.45, 2.75) is 50.1 Å². The number of benzene rings is 2. The number of hydrogen-bond acceptors (Lipinski definition) is 3. The van der Waals surface area contributed by atoms with Gasteiger partial charge in [-0.1, -0.05) is 54.8 Å². The van der Waals surface area contributed by atoms with E-state index in [1.165, 1.54) is 0 Å². The summed E-state index contributed by atoms with van der Waals surface area (Å²) in [5.41, 5.74) is 8.50. The maximum Gasteiger partial charge on any atom is 0.262 e. The maximum atomic E-state index is 13.7. The molecule has 2 fully saturated rings. The number of carbonyl (C=O) groups excluding carboxylic acids is 1. The molecule has 2 N–H and O–H groups in total. The van der Waals surface area contributed by atoms with Gasteiger partial charge < -0.3 is 5.73 Å². The lowest BCUT2D eigenvalue weighted by molar-refractivity contribution is -0.133. The van der Waals surface area contributed by atoms with E-state index < -0.39 is 5.54 Å². The smallest absolute Gasteiger partial charge is 0.262 e. The summed E-state index contributed by atoms with van der Waals surface area (Å²) in [5, 5.41) is 0.700. The molecule has 1 aliphatic heterocycles. The second-order valence-electron chi connectivity index (χ2n) is 8.22. The van der Waals surface area contributed by atoms with Gasteiger partial charge in [0.1, 0.15) is 0 Å². The Morgan fingerprint density at radius 1 is 1.00 bits per heavy atom. The lowest BCUT2D eigenvalue weighted by atomic mass is 9.83. The summed E-state index contributed by atoms with van der Waals surface area (Å²) < 4.78 is 0. The molecule has 2 aromatic rings. The normalized spacial score (nSPS) is 25.4. The summed E-state index contributed by atoms with van der Waals surface area (Å²) in [6.07, 6.45) is 6.38. The van der Waals surface area contributed by atoms with Crippen LogP contribution in [0.2, 0.25) is 5.02 Å². The number of amides is 1. The SMILES string of the molecule is NC1=NC(c2cccc(-c3cccc(Cl)c3)c2)(C2CC2)C(=O)N1C1CCCC1. The molecule has 4 nitrogen and oxygen atoms in total. The molecule has 2 saturated carbocycles. The van der Waals surface area contributed by atoms with Crippen molar-refractivity contribution in [2.75, 3.05) is 0 Å². The molecular formula is C23H24ClN3O. The molecule has 0 aromatic heterocycles. The largest absolute Gasteiger partial charge is 0.369 e. The van der Waals surface area contributed by atoms with Crippen LogP contribution in [0.5, 0.6) is 0 Å². The molecule has 0 saturated heterocycles. The van der Waals surface area contributed by atoms with Crippen molar-refractivity contribution in [3.8, 4) is 11.1 Å². The Balaban J connectivity index is 1.58. The van der Waals surface area contributed by atoms with Gasteiger partial charge in [-0.15, -0.1) is 0 Å². The number of nitrogens with zero attached hydrogens (tertiary/aromatic N) is 2. The zero-order valence-corrected chi connectivity index (χ0v) is 16.5. The van der Waals surface area contributed by atoms with Crippen LogP contribution in [0, 0.1) is 5.92 Å². The van der Waals surface area contributed by atoms with Gasteiger partial charge in [0.2, 0.25) is 0 Å². The number of halogens is 1. The lowest BCUT2D eigenvalue weighted by Gasteiger charge is -2.29. The van der Waals surface area contributed by atoms with E-state index >= 15 is 0 Å². The van der Waals surface area contributed by atoms with E-state index in [1.807, 2.05) is 36.4 Å². The average molecular weight is 394 g/mol. The van der Waals surface area contributed by atoms with E-state index in [4.69, 9.17) is 22.3 Å². The highest BCUT2D eigenvalue weighted by molar-refractivity contribution is 6.30. The van der Waals surface area contributed by atoms with Gasteiger partial charge in [0.25, 0.3) is 5.91 Å². The summed E-state index contributed by atoms with van der Waals surface area (Å²) in [6.45, 7) is 0. The van der Waals surface area contributed by atoms with Gasteiger partial charge >= 0.3 is 0 Å². The highest BCUT2D eigenvalue weighted by atomic mass is 35.5. The minimum Gasteiger partial charge on any atom is -0.369 e. The van der Waals surface area contributed by atoms with E-state index in [1.54, 1.807) is 4.90 Å². The first-order valence-corrected chi connectivity index (χ1v) is 10.5.